The zero-order valence-electron chi connectivity index (χ0n) is 11.9. The van der Waals surface area contributed by atoms with Gasteiger partial charge in [-0.15, -0.1) is 11.3 Å². The minimum absolute atomic E-state index is 0.201. The van der Waals surface area contributed by atoms with Crippen LogP contribution >= 0.6 is 11.3 Å². The molecule has 0 unspecified atom stereocenters. The van der Waals surface area contributed by atoms with E-state index in [1.807, 2.05) is 32.0 Å². The summed E-state index contributed by atoms with van der Waals surface area (Å²) in [7, 11) is 0. The molecule has 2 rings (SSSR count). The van der Waals surface area contributed by atoms with Crippen LogP contribution in [0.5, 0.6) is 0 Å². The van der Waals surface area contributed by atoms with E-state index in [1.165, 1.54) is 0 Å². The lowest BCUT2D eigenvalue weighted by molar-refractivity contribution is -0.141. The van der Waals surface area contributed by atoms with Crippen molar-refractivity contribution < 1.29 is 13.2 Å². The van der Waals surface area contributed by atoms with Crippen molar-refractivity contribution >= 4 is 11.3 Å². The molecule has 1 aromatic heterocycles. The molecule has 114 valence electrons. The normalized spacial score (nSPS) is 11.9. The first kappa shape index (κ1) is 16.0. The highest BCUT2D eigenvalue weighted by atomic mass is 32.1. The molecule has 0 aliphatic carbocycles. The van der Waals surface area contributed by atoms with E-state index in [0.717, 1.165) is 28.9 Å². The van der Waals surface area contributed by atoms with Crippen molar-refractivity contribution in [3.05, 3.63) is 40.4 Å². The number of aromatic nitrogens is 1. The first-order valence-electron chi connectivity index (χ1n) is 6.76. The number of hydrogen-bond donors (Lipinski definition) is 1. The molecule has 0 fully saturated rings. The highest BCUT2D eigenvalue weighted by molar-refractivity contribution is 7.15. The van der Waals surface area contributed by atoms with Gasteiger partial charge in [0.25, 0.3) is 0 Å². The average molecular weight is 314 g/mol. The number of benzene rings is 1. The Balaban J connectivity index is 2.36. The second-order valence-electron chi connectivity index (χ2n) is 4.83. The van der Waals surface area contributed by atoms with Gasteiger partial charge in [-0.2, -0.15) is 13.2 Å². The Morgan fingerprint density at radius 3 is 2.67 bits per heavy atom. The van der Waals surface area contributed by atoms with Gasteiger partial charge >= 0.3 is 6.18 Å². The van der Waals surface area contributed by atoms with Crippen molar-refractivity contribution in [2.75, 3.05) is 6.54 Å². The van der Waals surface area contributed by atoms with E-state index < -0.39 is 11.9 Å². The molecule has 1 N–H and O–H groups in total. The molecule has 0 aliphatic heterocycles. The van der Waals surface area contributed by atoms with Crippen molar-refractivity contribution in [1.29, 1.82) is 0 Å². The summed E-state index contributed by atoms with van der Waals surface area (Å²) in [4.78, 5) is 4.07. The largest absolute Gasteiger partial charge is 0.434 e. The fourth-order valence-corrected chi connectivity index (χ4v) is 3.02. The molecular formula is C15H17F3N2S. The molecule has 0 saturated heterocycles. The van der Waals surface area contributed by atoms with E-state index in [1.54, 1.807) is 6.07 Å². The van der Waals surface area contributed by atoms with Gasteiger partial charge in [-0.3, -0.25) is 0 Å². The monoisotopic (exact) mass is 314 g/mol. The molecule has 1 heterocycles. The van der Waals surface area contributed by atoms with Gasteiger partial charge in [0.1, 0.15) is 5.01 Å². The summed E-state index contributed by atoms with van der Waals surface area (Å²) in [5, 5.41) is 3.43. The molecule has 21 heavy (non-hydrogen) atoms. The molecule has 6 heteroatoms. The summed E-state index contributed by atoms with van der Waals surface area (Å²) in [6.07, 6.45) is -3.54. The molecule has 2 nitrogen and oxygen atoms in total. The summed E-state index contributed by atoms with van der Waals surface area (Å²) in [5.41, 5.74) is 0.960. The number of nitrogens with one attached hydrogen (secondary N) is 1. The van der Waals surface area contributed by atoms with Crippen LogP contribution in [-0.4, -0.2) is 11.5 Å². The molecule has 0 bridgehead atoms. The number of hydrogen-bond acceptors (Lipinski definition) is 3. The number of nitrogens with zero attached hydrogens (tertiary/aromatic N) is 1. The zero-order chi connectivity index (χ0) is 15.5. The summed E-state index contributed by atoms with van der Waals surface area (Å²) in [6.45, 7) is 4.77. The van der Waals surface area contributed by atoms with Crippen LogP contribution in [0.2, 0.25) is 0 Å². The standard InChI is InChI=1S/C15H17F3N2S/c1-3-7-19-9-12-13(15(16,17)18)20-14(21-12)11-6-4-5-10(2)8-11/h4-6,8,19H,3,7,9H2,1-2H3. The van der Waals surface area contributed by atoms with Crippen LogP contribution < -0.4 is 5.32 Å². The lowest BCUT2D eigenvalue weighted by Crippen LogP contribution is -2.17. The van der Waals surface area contributed by atoms with Gasteiger partial charge in [-0.25, -0.2) is 4.98 Å². The van der Waals surface area contributed by atoms with Crippen LogP contribution in [0.1, 0.15) is 29.5 Å². The van der Waals surface area contributed by atoms with Gasteiger partial charge < -0.3 is 5.32 Å². The van der Waals surface area contributed by atoms with Crippen LogP contribution in [0.4, 0.5) is 13.2 Å². The van der Waals surface area contributed by atoms with E-state index in [2.05, 4.69) is 10.3 Å². The minimum Gasteiger partial charge on any atom is -0.312 e. The van der Waals surface area contributed by atoms with Crippen LogP contribution in [0.25, 0.3) is 10.6 Å². The summed E-state index contributed by atoms with van der Waals surface area (Å²) in [5.74, 6) is 0. The van der Waals surface area contributed by atoms with E-state index in [4.69, 9.17) is 0 Å². The topological polar surface area (TPSA) is 24.9 Å². The van der Waals surface area contributed by atoms with Gasteiger partial charge in [-0.1, -0.05) is 30.7 Å². The maximum Gasteiger partial charge on any atom is 0.434 e. The highest BCUT2D eigenvalue weighted by Gasteiger charge is 2.37. The minimum atomic E-state index is -4.41. The van der Waals surface area contributed by atoms with Gasteiger partial charge in [0, 0.05) is 12.1 Å². The average Bonchev–Trinajstić information content (AvgIpc) is 2.83. The zero-order valence-corrected chi connectivity index (χ0v) is 12.7. The van der Waals surface area contributed by atoms with Gasteiger partial charge in [0.15, 0.2) is 5.69 Å². The third kappa shape index (κ3) is 4.04. The highest BCUT2D eigenvalue weighted by Crippen LogP contribution is 2.37. The SMILES string of the molecule is CCCNCc1sc(-c2cccc(C)c2)nc1C(F)(F)F. The lowest BCUT2D eigenvalue weighted by atomic mass is 10.1. The van der Waals surface area contributed by atoms with Crippen LogP contribution in [0.15, 0.2) is 24.3 Å². The molecule has 0 saturated carbocycles. The van der Waals surface area contributed by atoms with Gasteiger partial charge in [-0.05, 0) is 26.0 Å². The Labute approximate surface area is 126 Å². The number of thiazole rings is 1. The number of alkyl halides is 3. The summed E-state index contributed by atoms with van der Waals surface area (Å²) >= 11 is 1.11. The van der Waals surface area contributed by atoms with Crippen molar-refractivity contribution in [2.24, 2.45) is 0 Å². The number of rotatable bonds is 5. The van der Waals surface area contributed by atoms with Crippen LogP contribution in [0, 0.1) is 6.92 Å². The fraction of sp³-hybridized carbons (Fsp3) is 0.400. The van der Waals surface area contributed by atoms with Gasteiger partial charge in [0.2, 0.25) is 0 Å². The lowest BCUT2D eigenvalue weighted by Gasteiger charge is -2.06. The predicted molar refractivity (Wildman–Crippen MR) is 79.3 cm³/mol. The van der Waals surface area contributed by atoms with Crippen molar-refractivity contribution in [1.82, 2.24) is 10.3 Å². The Morgan fingerprint density at radius 1 is 1.29 bits per heavy atom. The number of aryl methyl sites for hydroxylation is 1. The number of halogens is 3. The Bertz CT molecular complexity index is 605. The Morgan fingerprint density at radius 2 is 2.05 bits per heavy atom. The molecule has 0 amide bonds. The van der Waals surface area contributed by atoms with Gasteiger partial charge in [0.05, 0.1) is 4.88 Å². The third-order valence-electron chi connectivity index (χ3n) is 2.94. The fourth-order valence-electron chi connectivity index (χ4n) is 1.97. The molecule has 2 aromatic rings. The second-order valence-corrected chi connectivity index (χ2v) is 5.92. The third-order valence-corrected chi connectivity index (χ3v) is 4.05. The molecule has 1 aromatic carbocycles. The second kappa shape index (κ2) is 6.58. The van der Waals surface area contributed by atoms with Crippen molar-refractivity contribution in [3.63, 3.8) is 0 Å². The molecule has 0 radical (unpaired) electrons. The molecular weight excluding hydrogens is 297 g/mol. The molecule has 0 spiro atoms. The van der Waals surface area contributed by atoms with Crippen LogP contribution in [0.3, 0.4) is 0 Å². The first-order valence-corrected chi connectivity index (χ1v) is 7.58. The first-order chi connectivity index (χ1) is 9.91. The summed E-state index contributed by atoms with van der Waals surface area (Å²) < 4.78 is 39.2. The van der Waals surface area contributed by atoms with E-state index in [0.29, 0.717) is 11.6 Å². The summed E-state index contributed by atoms with van der Waals surface area (Å²) in [6, 6.07) is 7.37. The Kier molecular flexibility index (Phi) is 5.00. The quantitative estimate of drug-likeness (QED) is 0.813. The Hall–Kier alpha value is -1.40. The van der Waals surface area contributed by atoms with E-state index >= 15 is 0 Å². The maximum absolute atomic E-state index is 13.1. The van der Waals surface area contributed by atoms with Crippen molar-refractivity contribution in [2.45, 2.75) is 33.0 Å². The smallest absolute Gasteiger partial charge is 0.312 e. The van der Waals surface area contributed by atoms with Crippen LogP contribution in [-0.2, 0) is 12.7 Å². The van der Waals surface area contributed by atoms with Crippen molar-refractivity contribution in [3.8, 4) is 10.6 Å². The maximum atomic E-state index is 13.1. The van der Waals surface area contributed by atoms with E-state index in [-0.39, 0.29) is 11.4 Å². The molecule has 0 aliphatic rings. The van der Waals surface area contributed by atoms with E-state index in [9.17, 15) is 13.2 Å². The predicted octanol–water partition coefficient (Wildman–Crippen LogP) is 4.64. The molecule has 0 atom stereocenters.